The first kappa shape index (κ1) is 18.7. The smallest absolute Gasteiger partial charge is 0.286 e. The number of rotatable bonds is 10. The normalized spacial score (nSPS) is 10.2. The molecule has 0 saturated heterocycles. The van der Waals surface area contributed by atoms with Crippen LogP contribution in [0, 0.1) is 10.1 Å². The Balaban J connectivity index is 2.94. The van der Waals surface area contributed by atoms with Crippen LogP contribution in [0.25, 0.3) is 0 Å². The number of hydrogen-bond donors (Lipinski definition) is 2. The molecular formula is C15H23N3O5. The summed E-state index contributed by atoms with van der Waals surface area (Å²) in [6.45, 7) is 5.97. The lowest BCUT2D eigenvalue weighted by Gasteiger charge is -2.12. The molecule has 0 aromatic heterocycles. The van der Waals surface area contributed by atoms with E-state index in [0.717, 1.165) is 13.0 Å². The predicted octanol–water partition coefficient (Wildman–Crippen LogP) is 1.73. The third-order valence-electron chi connectivity index (χ3n) is 3.04. The van der Waals surface area contributed by atoms with Crippen molar-refractivity contribution in [2.24, 2.45) is 0 Å². The fourth-order valence-corrected chi connectivity index (χ4v) is 1.97. The average Bonchev–Trinajstić information content (AvgIpc) is 2.54. The fraction of sp³-hybridized carbons (Fsp3) is 0.533. The zero-order valence-corrected chi connectivity index (χ0v) is 13.7. The summed E-state index contributed by atoms with van der Waals surface area (Å²) < 4.78 is 10.4. The lowest BCUT2D eigenvalue weighted by Crippen LogP contribution is -2.32. The Hall–Kier alpha value is -2.35. The van der Waals surface area contributed by atoms with E-state index in [9.17, 15) is 14.9 Å². The van der Waals surface area contributed by atoms with Crippen LogP contribution in [0.4, 0.5) is 5.69 Å². The van der Waals surface area contributed by atoms with Crippen LogP contribution in [0.3, 0.4) is 0 Å². The summed E-state index contributed by atoms with van der Waals surface area (Å²) in [6, 6.07) is 2.55. The highest BCUT2D eigenvalue weighted by Gasteiger charge is 2.24. The molecule has 1 aromatic carbocycles. The number of benzene rings is 1. The van der Waals surface area contributed by atoms with Gasteiger partial charge in [0.15, 0.2) is 11.5 Å². The van der Waals surface area contributed by atoms with Crippen LogP contribution in [0.15, 0.2) is 12.1 Å². The minimum Gasteiger partial charge on any atom is -0.493 e. The van der Waals surface area contributed by atoms with Crippen LogP contribution < -0.4 is 20.1 Å². The molecule has 1 amide bonds. The van der Waals surface area contributed by atoms with Crippen molar-refractivity contribution in [2.45, 2.75) is 20.3 Å². The zero-order chi connectivity index (χ0) is 17.2. The molecule has 0 aliphatic heterocycles. The second-order valence-electron chi connectivity index (χ2n) is 4.72. The summed E-state index contributed by atoms with van der Waals surface area (Å²) in [7, 11) is 1.42. The van der Waals surface area contributed by atoms with Gasteiger partial charge in [0.2, 0.25) is 0 Å². The van der Waals surface area contributed by atoms with Gasteiger partial charge in [0.25, 0.3) is 11.6 Å². The van der Waals surface area contributed by atoms with Gasteiger partial charge in [-0.25, -0.2) is 0 Å². The maximum absolute atomic E-state index is 12.2. The fourth-order valence-electron chi connectivity index (χ4n) is 1.97. The Kier molecular flexibility index (Phi) is 7.82. The molecule has 2 N–H and O–H groups in total. The molecule has 0 saturated carbocycles. The molecule has 0 fully saturated rings. The quantitative estimate of drug-likeness (QED) is 0.386. The van der Waals surface area contributed by atoms with Gasteiger partial charge in [-0.3, -0.25) is 14.9 Å². The van der Waals surface area contributed by atoms with Crippen molar-refractivity contribution in [3.63, 3.8) is 0 Å². The van der Waals surface area contributed by atoms with Gasteiger partial charge in [0.1, 0.15) is 5.56 Å². The Bertz CT molecular complexity index is 548. The minimum atomic E-state index is -0.605. The SMILES string of the molecule is CCCNCCNC(=O)c1cc(OC)c(OCC)cc1[N+](=O)[O-]. The van der Waals surface area contributed by atoms with Crippen molar-refractivity contribution < 1.29 is 19.2 Å². The molecule has 128 valence electrons. The molecule has 0 bridgehead atoms. The van der Waals surface area contributed by atoms with Crippen LogP contribution in [0.5, 0.6) is 11.5 Å². The summed E-state index contributed by atoms with van der Waals surface area (Å²) in [5.74, 6) is 0.00548. The van der Waals surface area contributed by atoms with Crippen molar-refractivity contribution in [1.29, 1.82) is 0 Å². The molecule has 23 heavy (non-hydrogen) atoms. The van der Waals surface area contributed by atoms with E-state index in [2.05, 4.69) is 10.6 Å². The highest BCUT2D eigenvalue weighted by molar-refractivity contribution is 5.99. The first-order chi connectivity index (χ1) is 11.0. The molecule has 0 radical (unpaired) electrons. The monoisotopic (exact) mass is 325 g/mol. The number of nitro groups is 1. The van der Waals surface area contributed by atoms with Crippen LogP contribution in [-0.2, 0) is 0 Å². The molecule has 0 unspecified atom stereocenters. The molecule has 0 heterocycles. The van der Waals surface area contributed by atoms with Gasteiger partial charge in [-0.1, -0.05) is 6.92 Å². The van der Waals surface area contributed by atoms with Gasteiger partial charge >= 0.3 is 0 Å². The number of ether oxygens (including phenoxy) is 2. The molecule has 0 aliphatic carbocycles. The van der Waals surface area contributed by atoms with E-state index >= 15 is 0 Å². The number of carbonyl (C=O) groups excluding carboxylic acids is 1. The van der Waals surface area contributed by atoms with Crippen molar-refractivity contribution in [1.82, 2.24) is 10.6 Å². The highest BCUT2D eigenvalue weighted by atomic mass is 16.6. The van der Waals surface area contributed by atoms with E-state index in [0.29, 0.717) is 19.7 Å². The molecule has 0 spiro atoms. The molecule has 8 nitrogen and oxygen atoms in total. The molecule has 1 rings (SSSR count). The van der Waals surface area contributed by atoms with Crippen molar-refractivity contribution in [3.05, 3.63) is 27.8 Å². The van der Waals surface area contributed by atoms with Gasteiger partial charge in [0, 0.05) is 19.2 Å². The average molecular weight is 325 g/mol. The number of amides is 1. The van der Waals surface area contributed by atoms with Crippen molar-refractivity contribution in [2.75, 3.05) is 33.4 Å². The van der Waals surface area contributed by atoms with E-state index in [1.807, 2.05) is 6.92 Å². The summed E-state index contributed by atoms with van der Waals surface area (Å²) in [4.78, 5) is 22.8. The van der Waals surface area contributed by atoms with E-state index in [-0.39, 0.29) is 22.7 Å². The molecule has 0 atom stereocenters. The number of carbonyl (C=O) groups is 1. The zero-order valence-electron chi connectivity index (χ0n) is 13.7. The van der Waals surface area contributed by atoms with Gasteiger partial charge in [-0.2, -0.15) is 0 Å². The highest BCUT2D eigenvalue weighted by Crippen LogP contribution is 2.34. The van der Waals surface area contributed by atoms with Crippen LogP contribution in [-0.4, -0.2) is 44.2 Å². The maximum atomic E-state index is 12.2. The van der Waals surface area contributed by atoms with E-state index < -0.39 is 10.8 Å². The first-order valence-corrected chi connectivity index (χ1v) is 7.53. The van der Waals surface area contributed by atoms with Crippen LogP contribution in [0.1, 0.15) is 30.6 Å². The molecule has 1 aromatic rings. The number of nitrogens with zero attached hydrogens (tertiary/aromatic N) is 1. The number of nitro benzene ring substituents is 1. The topological polar surface area (TPSA) is 103 Å². The van der Waals surface area contributed by atoms with Crippen molar-refractivity contribution >= 4 is 11.6 Å². The Labute approximate surface area is 135 Å². The standard InChI is InChI=1S/C15H23N3O5/c1-4-6-16-7-8-17-15(19)11-9-13(22-3)14(23-5-2)10-12(11)18(20)21/h9-10,16H,4-8H2,1-3H3,(H,17,19). The first-order valence-electron chi connectivity index (χ1n) is 7.53. The van der Waals surface area contributed by atoms with Crippen molar-refractivity contribution in [3.8, 4) is 11.5 Å². The molecular weight excluding hydrogens is 302 g/mol. The van der Waals surface area contributed by atoms with E-state index in [1.165, 1.54) is 19.2 Å². The van der Waals surface area contributed by atoms with Crippen LogP contribution in [0.2, 0.25) is 0 Å². The van der Waals surface area contributed by atoms with Crippen LogP contribution >= 0.6 is 0 Å². The maximum Gasteiger partial charge on any atom is 0.286 e. The molecule has 8 heteroatoms. The lowest BCUT2D eigenvalue weighted by molar-refractivity contribution is -0.385. The molecule has 0 aliphatic rings. The summed E-state index contributed by atoms with van der Waals surface area (Å²) >= 11 is 0. The Morgan fingerprint density at radius 1 is 1.22 bits per heavy atom. The van der Waals surface area contributed by atoms with Gasteiger partial charge in [0.05, 0.1) is 24.7 Å². The number of nitrogens with one attached hydrogen (secondary N) is 2. The van der Waals surface area contributed by atoms with E-state index in [1.54, 1.807) is 6.92 Å². The second-order valence-corrected chi connectivity index (χ2v) is 4.72. The second kappa shape index (κ2) is 9.62. The number of hydrogen-bond acceptors (Lipinski definition) is 6. The summed E-state index contributed by atoms with van der Waals surface area (Å²) in [6.07, 6.45) is 0.996. The van der Waals surface area contributed by atoms with E-state index in [4.69, 9.17) is 9.47 Å². The van der Waals surface area contributed by atoms with Gasteiger partial charge in [-0.15, -0.1) is 0 Å². The number of methoxy groups -OCH3 is 1. The summed E-state index contributed by atoms with van der Waals surface area (Å²) in [5, 5.41) is 17.0. The Morgan fingerprint density at radius 2 is 1.96 bits per heavy atom. The Morgan fingerprint density at radius 3 is 2.52 bits per heavy atom. The summed E-state index contributed by atoms with van der Waals surface area (Å²) in [5.41, 5.74) is -0.362. The third-order valence-corrected chi connectivity index (χ3v) is 3.04. The lowest BCUT2D eigenvalue weighted by atomic mass is 10.1. The predicted molar refractivity (Wildman–Crippen MR) is 86.3 cm³/mol. The van der Waals surface area contributed by atoms with Gasteiger partial charge in [-0.05, 0) is 19.9 Å². The minimum absolute atomic E-state index is 0.0502. The third kappa shape index (κ3) is 5.41. The van der Waals surface area contributed by atoms with Gasteiger partial charge < -0.3 is 20.1 Å². The largest absolute Gasteiger partial charge is 0.493 e.